The third-order valence-electron chi connectivity index (χ3n) is 5.11. The molecule has 2 aliphatic heterocycles. The second-order valence-corrected chi connectivity index (χ2v) is 7.22. The molecule has 1 saturated heterocycles. The van der Waals surface area contributed by atoms with Crippen molar-refractivity contribution in [2.45, 2.75) is 30.7 Å². The molecule has 0 spiro atoms. The molecular weight excluding hydrogens is 412 g/mol. The number of aliphatic hydroxyl groups excluding tert-OH is 3. The van der Waals surface area contributed by atoms with Crippen molar-refractivity contribution in [3.05, 3.63) is 47.2 Å². The number of phenols is 3. The number of hydrogen-bond donors (Lipinski definition) is 6. The average molecular weight is 434 g/mol. The number of ether oxygens (including phenoxy) is 4. The normalized spacial score (nSPS) is 27.6. The molecule has 0 aliphatic carbocycles. The molecular formula is C21H22O10. The maximum absolute atomic E-state index is 10.2. The van der Waals surface area contributed by atoms with E-state index in [4.69, 9.17) is 18.9 Å². The topological polar surface area (TPSA) is 158 Å². The molecule has 4 rings (SSSR count). The fourth-order valence-corrected chi connectivity index (χ4v) is 3.45. The zero-order chi connectivity index (χ0) is 22.3. The number of rotatable bonds is 4. The number of benzene rings is 2. The van der Waals surface area contributed by atoms with Gasteiger partial charge in [0, 0.05) is 17.7 Å². The highest BCUT2D eigenvalue weighted by molar-refractivity contribution is 5.69. The van der Waals surface area contributed by atoms with E-state index in [2.05, 4.69) is 0 Å². The smallest absolute Gasteiger partial charge is 0.228 e. The average Bonchev–Trinajstić information content (AvgIpc) is 2.74. The molecule has 2 aromatic rings. The van der Waals surface area contributed by atoms with Crippen LogP contribution in [0.3, 0.4) is 0 Å². The standard InChI is InChI=1S/C21H22O10/c1-28-16-4-9(2-3-12(16)23)20-17(31-21-19(27)18(26)14(25)8-29-21)7-11-13(24)5-10(22)6-15(11)30-20/h2-7,14,18-27H,8H2,1H3/t14-,18-,19+,20?,21-/m0/s1. The third kappa shape index (κ3) is 3.93. The fourth-order valence-electron chi connectivity index (χ4n) is 3.45. The van der Waals surface area contributed by atoms with Gasteiger partial charge in [-0.2, -0.15) is 0 Å². The monoisotopic (exact) mass is 434 g/mol. The summed E-state index contributed by atoms with van der Waals surface area (Å²) in [7, 11) is 1.39. The van der Waals surface area contributed by atoms with Crippen LogP contribution in [0.15, 0.2) is 36.1 Å². The predicted octanol–water partition coefficient (Wildman–Crippen LogP) is 0.742. The summed E-state index contributed by atoms with van der Waals surface area (Å²) >= 11 is 0. The van der Waals surface area contributed by atoms with Gasteiger partial charge in [0.1, 0.15) is 41.3 Å². The van der Waals surface area contributed by atoms with Gasteiger partial charge in [0.05, 0.1) is 19.3 Å². The highest BCUT2D eigenvalue weighted by Gasteiger charge is 2.41. The Morgan fingerprint density at radius 1 is 0.968 bits per heavy atom. The van der Waals surface area contributed by atoms with E-state index < -0.39 is 30.7 Å². The van der Waals surface area contributed by atoms with Crippen LogP contribution in [-0.2, 0) is 9.47 Å². The Hall–Kier alpha value is -3.18. The second kappa shape index (κ2) is 8.16. The Balaban J connectivity index is 1.74. The number of hydrogen-bond acceptors (Lipinski definition) is 10. The third-order valence-corrected chi connectivity index (χ3v) is 5.11. The summed E-state index contributed by atoms with van der Waals surface area (Å²) in [5, 5.41) is 59.8. The minimum atomic E-state index is -1.55. The lowest BCUT2D eigenvalue weighted by molar-refractivity contribution is -0.261. The zero-order valence-corrected chi connectivity index (χ0v) is 16.4. The van der Waals surface area contributed by atoms with Crippen LogP contribution in [0, 0.1) is 0 Å². The van der Waals surface area contributed by atoms with Crippen molar-refractivity contribution in [3.8, 4) is 28.7 Å². The van der Waals surface area contributed by atoms with Crippen LogP contribution in [0.2, 0.25) is 0 Å². The number of methoxy groups -OCH3 is 1. The van der Waals surface area contributed by atoms with Gasteiger partial charge >= 0.3 is 0 Å². The molecule has 6 N–H and O–H groups in total. The molecule has 0 radical (unpaired) electrons. The van der Waals surface area contributed by atoms with Crippen LogP contribution in [0.5, 0.6) is 28.7 Å². The highest BCUT2D eigenvalue weighted by atomic mass is 16.7. The molecule has 0 aromatic heterocycles. The lowest BCUT2D eigenvalue weighted by atomic mass is 10.0. The highest BCUT2D eigenvalue weighted by Crippen LogP contribution is 2.45. The Morgan fingerprint density at radius 3 is 2.48 bits per heavy atom. The minimum Gasteiger partial charge on any atom is -0.508 e. The number of fused-ring (bicyclic) bond motifs is 1. The first kappa shape index (κ1) is 21.1. The molecule has 0 saturated carbocycles. The fraction of sp³-hybridized carbons (Fsp3) is 0.333. The maximum atomic E-state index is 10.2. The Labute approximate surface area is 176 Å². The van der Waals surface area contributed by atoms with E-state index in [9.17, 15) is 30.6 Å². The number of aliphatic hydroxyl groups is 3. The molecule has 2 aromatic carbocycles. The van der Waals surface area contributed by atoms with E-state index >= 15 is 0 Å². The minimum absolute atomic E-state index is 0.0904. The van der Waals surface area contributed by atoms with Gasteiger partial charge in [0.15, 0.2) is 17.6 Å². The van der Waals surface area contributed by atoms with Crippen LogP contribution in [-0.4, -0.2) is 69.0 Å². The molecule has 2 aliphatic rings. The summed E-state index contributed by atoms with van der Waals surface area (Å²) in [6.45, 7) is -0.259. The Morgan fingerprint density at radius 2 is 1.74 bits per heavy atom. The van der Waals surface area contributed by atoms with Crippen LogP contribution in [0.25, 0.3) is 6.08 Å². The first-order chi connectivity index (χ1) is 14.8. The summed E-state index contributed by atoms with van der Waals surface area (Å²) in [5.41, 5.74) is 0.709. The summed E-state index contributed by atoms with van der Waals surface area (Å²) < 4.78 is 22.2. The van der Waals surface area contributed by atoms with Crippen molar-refractivity contribution < 1.29 is 49.6 Å². The zero-order valence-electron chi connectivity index (χ0n) is 16.4. The van der Waals surface area contributed by atoms with Crippen molar-refractivity contribution in [2.24, 2.45) is 0 Å². The van der Waals surface area contributed by atoms with Crippen molar-refractivity contribution in [3.63, 3.8) is 0 Å². The van der Waals surface area contributed by atoms with Crippen molar-refractivity contribution in [1.82, 2.24) is 0 Å². The maximum Gasteiger partial charge on any atom is 0.228 e. The molecule has 1 unspecified atom stereocenters. The lowest BCUT2D eigenvalue weighted by Gasteiger charge is -2.37. The second-order valence-electron chi connectivity index (χ2n) is 7.22. The number of phenolic OH excluding ortho intramolecular Hbond substituents is 3. The van der Waals surface area contributed by atoms with Crippen LogP contribution in [0.1, 0.15) is 17.2 Å². The molecule has 0 bridgehead atoms. The van der Waals surface area contributed by atoms with E-state index in [1.54, 1.807) is 6.07 Å². The summed E-state index contributed by atoms with van der Waals surface area (Å²) in [6, 6.07) is 6.92. The van der Waals surface area contributed by atoms with Gasteiger partial charge in [-0.05, 0) is 18.2 Å². The van der Waals surface area contributed by atoms with Gasteiger partial charge in [-0.25, -0.2) is 0 Å². The molecule has 166 valence electrons. The van der Waals surface area contributed by atoms with Crippen molar-refractivity contribution in [1.29, 1.82) is 0 Å². The molecule has 5 atom stereocenters. The quantitative estimate of drug-likeness (QED) is 0.405. The predicted molar refractivity (Wildman–Crippen MR) is 105 cm³/mol. The van der Waals surface area contributed by atoms with Crippen molar-refractivity contribution >= 4 is 6.08 Å². The first-order valence-corrected chi connectivity index (χ1v) is 9.42. The van der Waals surface area contributed by atoms with Gasteiger partial charge in [-0.15, -0.1) is 0 Å². The summed E-state index contributed by atoms with van der Waals surface area (Å²) in [6.07, 6.45) is -5.11. The van der Waals surface area contributed by atoms with Gasteiger partial charge in [-0.3, -0.25) is 0 Å². The molecule has 0 amide bonds. The Kier molecular flexibility index (Phi) is 5.54. The van der Waals surface area contributed by atoms with E-state index in [-0.39, 0.29) is 46.7 Å². The largest absolute Gasteiger partial charge is 0.508 e. The summed E-state index contributed by atoms with van der Waals surface area (Å²) in [4.78, 5) is 0. The lowest BCUT2D eigenvalue weighted by Crippen LogP contribution is -2.53. The summed E-state index contributed by atoms with van der Waals surface area (Å²) in [5.74, 6) is -0.112. The van der Waals surface area contributed by atoms with E-state index in [0.29, 0.717) is 5.56 Å². The first-order valence-electron chi connectivity index (χ1n) is 9.42. The molecule has 2 heterocycles. The van der Waals surface area contributed by atoms with Crippen LogP contribution < -0.4 is 9.47 Å². The van der Waals surface area contributed by atoms with E-state index in [1.807, 2.05) is 0 Å². The SMILES string of the molecule is COc1cc(C2Oc3cc(O)cc(O)c3C=C2O[C@@H]2OC[C@H](O)[C@H](O)[C@H]2O)ccc1O. The Bertz CT molecular complexity index is 1000. The van der Waals surface area contributed by atoms with Gasteiger partial charge in [0.25, 0.3) is 0 Å². The van der Waals surface area contributed by atoms with Crippen LogP contribution >= 0.6 is 0 Å². The number of aromatic hydroxyl groups is 3. The van der Waals surface area contributed by atoms with E-state index in [1.165, 1.54) is 31.4 Å². The van der Waals surface area contributed by atoms with E-state index in [0.717, 1.165) is 6.07 Å². The van der Waals surface area contributed by atoms with Crippen LogP contribution in [0.4, 0.5) is 0 Å². The molecule has 1 fully saturated rings. The molecule has 10 heteroatoms. The van der Waals surface area contributed by atoms with Gasteiger partial charge in [-0.1, -0.05) is 6.07 Å². The molecule has 31 heavy (non-hydrogen) atoms. The van der Waals surface area contributed by atoms with Crippen molar-refractivity contribution in [2.75, 3.05) is 13.7 Å². The molecule has 10 nitrogen and oxygen atoms in total. The van der Waals surface area contributed by atoms with Gasteiger partial charge < -0.3 is 49.6 Å². The van der Waals surface area contributed by atoms with Gasteiger partial charge in [0.2, 0.25) is 6.29 Å².